The van der Waals surface area contributed by atoms with Crippen molar-refractivity contribution in [3.05, 3.63) is 36.4 Å². The number of fused-ring (bicyclic) bond motifs is 1. The molecule has 2 aromatic rings. The van der Waals surface area contributed by atoms with E-state index < -0.39 is 39.6 Å². The Kier molecular flexibility index (Phi) is 9.12. The van der Waals surface area contributed by atoms with Crippen LogP contribution in [0.5, 0.6) is 0 Å². The second-order valence-electron chi connectivity index (χ2n) is 10.4. The minimum Gasteiger partial charge on any atom is -0.444 e. The second-order valence-corrected chi connectivity index (χ2v) is 12.3. The number of hydrogen-bond acceptors (Lipinski definition) is 6. The molecule has 2 atom stereocenters. The Morgan fingerprint density at radius 1 is 1.24 bits per heavy atom. The Morgan fingerprint density at radius 2 is 1.97 bits per heavy atom. The Morgan fingerprint density at radius 3 is 2.65 bits per heavy atom. The number of unbranched alkanes of at least 4 members (excludes halogenated alkanes) is 1. The molecule has 9 nitrogen and oxygen atoms in total. The number of nitrogens with one attached hydrogen (secondary N) is 1. The summed E-state index contributed by atoms with van der Waals surface area (Å²) in [5.41, 5.74) is -0.703. The Labute approximate surface area is 218 Å². The first-order valence-electron chi connectivity index (χ1n) is 12.7. The Bertz CT molecular complexity index is 1230. The average Bonchev–Trinajstić information content (AvgIpc) is 3.02. The van der Waals surface area contributed by atoms with Gasteiger partial charge in [-0.1, -0.05) is 31.9 Å². The fraction of sp³-hybridized carbons (Fsp3) is 0.577. The molecule has 0 aliphatic carbocycles. The highest BCUT2D eigenvalue weighted by atomic mass is 32.2. The van der Waals surface area contributed by atoms with E-state index in [-0.39, 0.29) is 29.3 Å². The topological polar surface area (TPSA) is 109 Å². The maximum absolute atomic E-state index is 14.6. The molecule has 0 spiro atoms. The number of halogens is 1. The van der Waals surface area contributed by atoms with Crippen LogP contribution in [-0.4, -0.2) is 71.9 Å². The predicted octanol–water partition coefficient (Wildman–Crippen LogP) is 4.07. The van der Waals surface area contributed by atoms with E-state index in [9.17, 15) is 22.4 Å². The van der Waals surface area contributed by atoms with Crippen LogP contribution >= 0.6 is 0 Å². The van der Waals surface area contributed by atoms with E-state index in [1.54, 1.807) is 44.7 Å². The fourth-order valence-corrected chi connectivity index (χ4v) is 6.42. The van der Waals surface area contributed by atoms with Gasteiger partial charge >= 0.3 is 6.09 Å². The molecule has 1 fully saturated rings. The van der Waals surface area contributed by atoms with Gasteiger partial charge in [-0.3, -0.25) is 9.78 Å². The zero-order valence-electron chi connectivity index (χ0n) is 22.2. The Hall–Kier alpha value is -2.79. The molecular weight excluding hydrogens is 499 g/mol. The number of ether oxygens (including phenoxy) is 1. The molecular formula is C26H37FN4O5S. The third-order valence-corrected chi connectivity index (χ3v) is 8.27. The van der Waals surface area contributed by atoms with Crippen molar-refractivity contribution in [1.82, 2.24) is 19.5 Å². The summed E-state index contributed by atoms with van der Waals surface area (Å²) in [5, 5.41) is 3.10. The van der Waals surface area contributed by atoms with Gasteiger partial charge in [0, 0.05) is 42.6 Å². The first-order valence-corrected chi connectivity index (χ1v) is 14.1. The third-order valence-electron chi connectivity index (χ3n) is 6.22. The predicted molar refractivity (Wildman–Crippen MR) is 139 cm³/mol. The van der Waals surface area contributed by atoms with Crippen LogP contribution < -0.4 is 5.32 Å². The van der Waals surface area contributed by atoms with Crippen molar-refractivity contribution >= 4 is 32.8 Å². The van der Waals surface area contributed by atoms with Crippen molar-refractivity contribution in [2.24, 2.45) is 0 Å². The number of hydrogen-bond donors (Lipinski definition) is 1. The third kappa shape index (κ3) is 6.95. The van der Waals surface area contributed by atoms with Crippen molar-refractivity contribution in [2.45, 2.75) is 82.9 Å². The van der Waals surface area contributed by atoms with Gasteiger partial charge in [0.15, 0.2) is 5.82 Å². The van der Waals surface area contributed by atoms with Gasteiger partial charge in [0.2, 0.25) is 15.9 Å². The maximum Gasteiger partial charge on any atom is 0.408 e. The number of benzene rings is 1. The normalized spacial score (nSPS) is 18.3. The standard InChI is InChI=1S/C26H37FN4O5S/c1-6-7-11-21(29-25(33)36-26(3,4)5)24(32)30-13-9-14-31(18(2)17-30)37(34,35)22-12-8-10-19-15-28-16-20(27)23(19)22/h8,10,12,15-16,18,21H,6-7,9,11,13-14,17H2,1-5H3,(H,29,33)/t18-,21+/m0/s1. The van der Waals surface area contributed by atoms with Crippen molar-refractivity contribution in [3.63, 3.8) is 0 Å². The lowest BCUT2D eigenvalue weighted by atomic mass is 10.1. The molecule has 1 N–H and O–H groups in total. The highest BCUT2D eigenvalue weighted by Crippen LogP contribution is 2.29. The summed E-state index contributed by atoms with van der Waals surface area (Å²) in [7, 11) is -4.07. The highest BCUT2D eigenvalue weighted by molar-refractivity contribution is 7.89. The molecule has 1 aromatic heterocycles. The zero-order chi connectivity index (χ0) is 27.4. The van der Waals surface area contributed by atoms with Gasteiger partial charge in [-0.05, 0) is 46.6 Å². The number of amides is 2. The molecule has 1 aliphatic heterocycles. The van der Waals surface area contributed by atoms with Gasteiger partial charge in [-0.25, -0.2) is 17.6 Å². The first kappa shape index (κ1) is 28.8. The summed E-state index contributed by atoms with van der Waals surface area (Å²) in [5.74, 6) is -0.976. The van der Waals surface area contributed by atoms with Crippen LogP contribution in [0.1, 0.15) is 60.3 Å². The molecule has 0 radical (unpaired) electrons. The largest absolute Gasteiger partial charge is 0.444 e. The number of alkyl carbamates (subject to hydrolysis) is 1. The number of carbonyl (C=O) groups is 2. The molecule has 1 saturated heterocycles. The SMILES string of the molecule is CCCC[C@@H](NC(=O)OC(C)(C)C)C(=O)N1CCCN(S(=O)(=O)c2cccc3cncc(F)c23)[C@@H](C)C1. The van der Waals surface area contributed by atoms with E-state index in [4.69, 9.17) is 4.74 Å². The van der Waals surface area contributed by atoms with Gasteiger partial charge in [0.1, 0.15) is 11.6 Å². The lowest BCUT2D eigenvalue weighted by Gasteiger charge is -2.31. The van der Waals surface area contributed by atoms with Crippen LogP contribution in [0.3, 0.4) is 0 Å². The van der Waals surface area contributed by atoms with Crippen molar-refractivity contribution in [1.29, 1.82) is 0 Å². The van der Waals surface area contributed by atoms with E-state index in [0.29, 0.717) is 24.8 Å². The van der Waals surface area contributed by atoms with E-state index in [2.05, 4.69) is 10.3 Å². The van der Waals surface area contributed by atoms with Crippen LogP contribution in [0.25, 0.3) is 10.8 Å². The van der Waals surface area contributed by atoms with Gasteiger partial charge < -0.3 is 15.0 Å². The summed E-state index contributed by atoms with van der Waals surface area (Å²) < 4.78 is 48.7. The number of pyridine rings is 1. The van der Waals surface area contributed by atoms with Crippen molar-refractivity contribution < 1.29 is 27.1 Å². The number of nitrogens with zero attached hydrogens (tertiary/aromatic N) is 3. The van der Waals surface area contributed by atoms with Crippen LogP contribution in [0.2, 0.25) is 0 Å². The van der Waals surface area contributed by atoms with Gasteiger partial charge in [0.25, 0.3) is 0 Å². The second kappa shape index (κ2) is 11.7. The number of aromatic nitrogens is 1. The van der Waals surface area contributed by atoms with Gasteiger partial charge in [-0.2, -0.15) is 4.31 Å². The lowest BCUT2D eigenvalue weighted by molar-refractivity contribution is -0.133. The molecule has 1 aliphatic rings. The molecule has 1 aromatic carbocycles. The van der Waals surface area contributed by atoms with Gasteiger partial charge in [0.05, 0.1) is 11.1 Å². The number of carbonyl (C=O) groups excluding carboxylic acids is 2. The van der Waals surface area contributed by atoms with E-state index >= 15 is 0 Å². The van der Waals surface area contributed by atoms with Crippen LogP contribution in [0.4, 0.5) is 9.18 Å². The van der Waals surface area contributed by atoms with Crippen molar-refractivity contribution in [3.8, 4) is 0 Å². The highest BCUT2D eigenvalue weighted by Gasteiger charge is 2.36. The lowest BCUT2D eigenvalue weighted by Crippen LogP contribution is -2.52. The Balaban J connectivity index is 1.82. The molecule has 11 heteroatoms. The minimum absolute atomic E-state index is 0.00284. The first-order chi connectivity index (χ1) is 17.3. The summed E-state index contributed by atoms with van der Waals surface area (Å²) in [4.78, 5) is 31.2. The summed E-state index contributed by atoms with van der Waals surface area (Å²) in [6, 6.07) is 3.24. The van der Waals surface area contributed by atoms with E-state index in [0.717, 1.165) is 19.0 Å². The zero-order valence-corrected chi connectivity index (χ0v) is 23.0. The van der Waals surface area contributed by atoms with Crippen molar-refractivity contribution in [2.75, 3.05) is 19.6 Å². The van der Waals surface area contributed by atoms with Crippen LogP contribution in [-0.2, 0) is 19.6 Å². The van der Waals surface area contributed by atoms with Crippen LogP contribution in [0, 0.1) is 5.82 Å². The quantitative estimate of drug-likeness (QED) is 0.572. The molecule has 2 heterocycles. The number of sulfonamides is 1. The molecule has 0 bridgehead atoms. The van der Waals surface area contributed by atoms with E-state index in [1.165, 1.54) is 16.6 Å². The molecule has 37 heavy (non-hydrogen) atoms. The fourth-order valence-electron chi connectivity index (χ4n) is 4.53. The summed E-state index contributed by atoms with van der Waals surface area (Å²) in [6.07, 6.45) is 4.19. The molecule has 0 unspecified atom stereocenters. The molecule has 2 amide bonds. The molecule has 204 valence electrons. The monoisotopic (exact) mass is 536 g/mol. The maximum atomic E-state index is 14.6. The minimum atomic E-state index is -4.07. The molecule has 0 saturated carbocycles. The van der Waals surface area contributed by atoms with E-state index in [1.807, 2.05) is 6.92 Å². The number of rotatable bonds is 7. The smallest absolute Gasteiger partial charge is 0.408 e. The average molecular weight is 537 g/mol. The summed E-state index contributed by atoms with van der Waals surface area (Å²) >= 11 is 0. The molecule has 3 rings (SSSR count). The van der Waals surface area contributed by atoms with Gasteiger partial charge in [-0.15, -0.1) is 0 Å². The summed E-state index contributed by atoms with van der Waals surface area (Å²) in [6.45, 7) is 9.63. The van der Waals surface area contributed by atoms with Crippen LogP contribution in [0.15, 0.2) is 35.5 Å².